The van der Waals surface area contributed by atoms with Gasteiger partial charge in [-0.25, -0.2) is 4.79 Å². The number of hydrogen-bond acceptors (Lipinski definition) is 2. The molecule has 92 valence electrons. The molecule has 0 amide bonds. The Kier molecular flexibility index (Phi) is 4.57. The molecule has 2 nitrogen and oxygen atoms in total. The Labute approximate surface area is 99.1 Å². The van der Waals surface area contributed by atoms with Gasteiger partial charge in [-0.15, -0.1) is 0 Å². The Balaban J connectivity index is 2.62. The smallest absolute Gasteiger partial charge is 0.333 e. The molecule has 1 fully saturated rings. The SMILES string of the molecule is C=C(C)C(=O)O[C@H]1CC[C@@H](C)C[C@H]1C(C)C. The van der Waals surface area contributed by atoms with Crippen LogP contribution < -0.4 is 0 Å². The van der Waals surface area contributed by atoms with Crippen molar-refractivity contribution in [2.75, 3.05) is 0 Å². The van der Waals surface area contributed by atoms with E-state index in [4.69, 9.17) is 4.74 Å². The molecule has 1 aliphatic carbocycles. The second-order valence-corrected chi connectivity index (χ2v) is 5.55. The molecule has 1 rings (SSSR count). The van der Waals surface area contributed by atoms with Crippen LogP contribution in [0.5, 0.6) is 0 Å². The molecule has 0 bridgehead atoms. The van der Waals surface area contributed by atoms with Crippen molar-refractivity contribution in [3.63, 3.8) is 0 Å². The molecule has 0 heterocycles. The van der Waals surface area contributed by atoms with Crippen molar-refractivity contribution in [1.29, 1.82) is 0 Å². The van der Waals surface area contributed by atoms with E-state index in [1.807, 2.05) is 0 Å². The van der Waals surface area contributed by atoms with E-state index in [0.717, 1.165) is 18.8 Å². The van der Waals surface area contributed by atoms with Gasteiger partial charge in [0.05, 0.1) is 0 Å². The fourth-order valence-electron chi connectivity index (χ4n) is 2.48. The van der Waals surface area contributed by atoms with Crippen molar-refractivity contribution in [2.45, 2.75) is 53.1 Å². The lowest BCUT2D eigenvalue weighted by molar-refractivity contribution is -0.150. The van der Waals surface area contributed by atoms with Crippen molar-refractivity contribution < 1.29 is 9.53 Å². The molecular formula is C14H24O2. The van der Waals surface area contributed by atoms with Gasteiger partial charge in [0.1, 0.15) is 6.10 Å². The molecular weight excluding hydrogens is 200 g/mol. The Bertz CT molecular complexity index is 268. The first kappa shape index (κ1) is 13.3. The average Bonchev–Trinajstić information content (AvgIpc) is 2.20. The molecule has 1 aliphatic rings. The van der Waals surface area contributed by atoms with Crippen LogP contribution in [0.2, 0.25) is 0 Å². The fourth-order valence-corrected chi connectivity index (χ4v) is 2.48. The van der Waals surface area contributed by atoms with Crippen molar-refractivity contribution in [1.82, 2.24) is 0 Å². The Morgan fingerprint density at radius 3 is 2.50 bits per heavy atom. The van der Waals surface area contributed by atoms with Gasteiger partial charge in [0, 0.05) is 5.57 Å². The normalized spacial score (nSPS) is 30.2. The van der Waals surface area contributed by atoms with Crippen LogP contribution in [0.25, 0.3) is 0 Å². The van der Waals surface area contributed by atoms with Gasteiger partial charge in [0.15, 0.2) is 0 Å². The third kappa shape index (κ3) is 3.36. The van der Waals surface area contributed by atoms with E-state index >= 15 is 0 Å². The van der Waals surface area contributed by atoms with E-state index in [-0.39, 0.29) is 12.1 Å². The second-order valence-electron chi connectivity index (χ2n) is 5.55. The maximum Gasteiger partial charge on any atom is 0.333 e. The van der Waals surface area contributed by atoms with Crippen LogP contribution in [0.3, 0.4) is 0 Å². The first-order valence-electron chi connectivity index (χ1n) is 6.28. The van der Waals surface area contributed by atoms with Crippen LogP contribution in [-0.2, 0) is 9.53 Å². The summed E-state index contributed by atoms with van der Waals surface area (Å²) >= 11 is 0. The number of carbonyl (C=O) groups is 1. The Morgan fingerprint density at radius 2 is 2.00 bits per heavy atom. The van der Waals surface area contributed by atoms with E-state index in [0.29, 0.717) is 17.4 Å². The molecule has 0 unspecified atom stereocenters. The van der Waals surface area contributed by atoms with Crippen molar-refractivity contribution in [2.24, 2.45) is 17.8 Å². The molecule has 0 radical (unpaired) electrons. The number of rotatable bonds is 3. The summed E-state index contributed by atoms with van der Waals surface area (Å²) in [6.07, 6.45) is 3.44. The number of esters is 1. The van der Waals surface area contributed by atoms with Crippen LogP contribution in [0, 0.1) is 17.8 Å². The van der Waals surface area contributed by atoms with Gasteiger partial charge in [0.25, 0.3) is 0 Å². The van der Waals surface area contributed by atoms with Gasteiger partial charge in [-0.2, -0.15) is 0 Å². The third-order valence-corrected chi connectivity index (χ3v) is 3.56. The van der Waals surface area contributed by atoms with E-state index in [1.54, 1.807) is 6.92 Å². The van der Waals surface area contributed by atoms with Gasteiger partial charge < -0.3 is 4.74 Å². The first-order valence-corrected chi connectivity index (χ1v) is 6.28. The first-order chi connectivity index (χ1) is 7.41. The van der Waals surface area contributed by atoms with Crippen LogP contribution in [0.4, 0.5) is 0 Å². The van der Waals surface area contributed by atoms with Crippen LogP contribution in [0.1, 0.15) is 47.0 Å². The lowest BCUT2D eigenvalue weighted by Crippen LogP contribution is -2.35. The van der Waals surface area contributed by atoms with Crippen molar-refractivity contribution >= 4 is 5.97 Å². The maximum atomic E-state index is 11.5. The topological polar surface area (TPSA) is 26.3 Å². The minimum absolute atomic E-state index is 0.0976. The summed E-state index contributed by atoms with van der Waals surface area (Å²) < 4.78 is 5.54. The van der Waals surface area contributed by atoms with E-state index < -0.39 is 0 Å². The van der Waals surface area contributed by atoms with Gasteiger partial charge in [-0.3, -0.25) is 0 Å². The van der Waals surface area contributed by atoms with Gasteiger partial charge >= 0.3 is 5.97 Å². The number of hydrogen-bond donors (Lipinski definition) is 0. The van der Waals surface area contributed by atoms with Crippen LogP contribution in [0.15, 0.2) is 12.2 Å². The molecule has 1 saturated carbocycles. The standard InChI is InChI=1S/C14H24O2/c1-9(2)12-8-11(5)6-7-13(12)16-14(15)10(3)4/h9,11-13H,3,6-8H2,1-2,4-5H3/t11-,12+,13+/m1/s1. The lowest BCUT2D eigenvalue weighted by atomic mass is 9.75. The predicted octanol–water partition coefficient (Wildman–Crippen LogP) is 3.57. The number of carbonyl (C=O) groups excluding carboxylic acids is 1. The summed E-state index contributed by atoms with van der Waals surface area (Å²) in [5, 5.41) is 0. The van der Waals surface area contributed by atoms with Crippen LogP contribution >= 0.6 is 0 Å². The highest BCUT2D eigenvalue weighted by atomic mass is 16.5. The minimum Gasteiger partial charge on any atom is -0.459 e. The summed E-state index contributed by atoms with van der Waals surface area (Å²) in [5.41, 5.74) is 0.501. The molecule has 3 atom stereocenters. The largest absolute Gasteiger partial charge is 0.459 e. The zero-order valence-electron chi connectivity index (χ0n) is 11.0. The summed E-state index contributed by atoms with van der Waals surface area (Å²) in [7, 11) is 0. The summed E-state index contributed by atoms with van der Waals surface area (Å²) in [4.78, 5) is 11.5. The predicted molar refractivity (Wildman–Crippen MR) is 66.0 cm³/mol. The number of ether oxygens (including phenoxy) is 1. The zero-order valence-corrected chi connectivity index (χ0v) is 11.0. The quantitative estimate of drug-likeness (QED) is 0.541. The second kappa shape index (κ2) is 5.51. The highest BCUT2D eigenvalue weighted by Gasteiger charge is 2.33. The average molecular weight is 224 g/mol. The monoisotopic (exact) mass is 224 g/mol. The highest BCUT2D eigenvalue weighted by molar-refractivity contribution is 5.87. The molecule has 0 aliphatic heterocycles. The maximum absolute atomic E-state index is 11.5. The Hall–Kier alpha value is -0.790. The van der Waals surface area contributed by atoms with E-state index in [9.17, 15) is 4.79 Å². The van der Waals surface area contributed by atoms with E-state index in [2.05, 4.69) is 27.4 Å². The molecule has 0 saturated heterocycles. The van der Waals surface area contributed by atoms with E-state index in [1.165, 1.54) is 6.42 Å². The highest BCUT2D eigenvalue weighted by Crippen LogP contribution is 2.35. The molecule has 2 heteroatoms. The fraction of sp³-hybridized carbons (Fsp3) is 0.786. The molecule has 16 heavy (non-hydrogen) atoms. The minimum atomic E-state index is -0.231. The summed E-state index contributed by atoms with van der Waals surface area (Å²) in [5.74, 6) is 1.61. The summed E-state index contributed by atoms with van der Waals surface area (Å²) in [6, 6.07) is 0. The van der Waals surface area contributed by atoms with Crippen molar-refractivity contribution in [3.8, 4) is 0 Å². The van der Waals surface area contributed by atoms with Gasteiger partial charge in [-0.05, 0) is 43.9 Å². The summed E-state index contributed by atoms with van der Waals surface area (Å²) in [6.45, 7) is 12.0. The van der Waals surface area contributed by atoms with Crippen LogP contribution in [-0.4, -0.2) is 12.1 Å². The van der Waals surface area contributed by atoms with Gasteiger partial charge in [0.2, 0.25) is 0 Å². The zero-order chi connectivity index (χ0) is 12.3. The van der Waals surface area contributed by atoms with Crippen molar-refractivity contribution in [3.05, 3.63) is 12.2 Å². The molecule has 0 spiro atoms. The molecule has 0 aromatic rings. The molecule has 0 aromatic carbocycles. The van der Waals surface area contributed by atoms with Gasteiger partial charge in [-0.1, -0.05) is 27.4 Å². The Morgan fingerprint density at radius 1 is 1.38 bits per heavy atom. The third-order valence-electron chi connectivity index (χ3n) is 3.56. The molecule has 0 aromatic heterocycles. The lowest BCUT2D eigenvalue weighted by Gasteiger charge is -2.36. The molecule has 0 N–H and O–H groups in total.